The topological polar surface area (TPSA) is 101 Å². The highest BCUT2D eigenvalue weighted by Crippen LogP contribution is 2.32. The normalized spacial score (nSPS) is 11.6. The molecular formula is C22H13F6N3O4. The number of non-ortho nitro benzene ring substituents is 1. The Bertz CT molecular complexity index is 1220. The average Bonchev–Trinajstić information content (AvgIpc) is 2.78. The molecule has 182 valence electrons. The molecule has 0 unspecified atom stereocenters. The van der Waals surface area contributed by atoms with Gasteiger partial charge in [-0.2, -0.15) is 26.3 Å². The molecule has 2 amide bonds. The van der Waals surface area contributed by atoms with E-state index in [0.29, 0.717) is 12.1 Å². The number of hydrogen-bond acceptors (Lipinski definition) is 4. The number of anilines is 2. The van der Waals surface area contributed by atoms with Gasteiger partial charge in [-0.15, -0.1) is 0 Å². The molecule has 0 aromatic heterocycles. The number of amides is 2. The third-order valence-electron chi connectivity index (χ3n) is 4.55. The lowest BCUT2D eigenvalue weighted by Crippen LogP contribution is -2.17. The molecule has 0 saturated heterocycles. The van der Waals surface area contributed by atoms with Gasteiger partial charge in [0.15, 0.2) is 0 Å². The van der Waals surface area contributed by atoms with Crippen molar-refractivity contribution in [2.45, 2.75) is 12.4 Å². The van der Waals surface area contributed by atoms with Crippen LogP contribution in [0, 0.1) is 10.1 Å². The van der Waals surface area contributed by atoms with Crippen LogP contribution in [-0.2, 0) is 12.4 Å². The fourth-order valence-electron chi connectivity index (χ4n) is 2.93. The Labute approximate surface area is 192 Å². The minimum atomic E-state index is -4.68. The Hall–Kier alpha value is -4.42. The van der Waals surface area contributed by atoms with Crippen molar-refractivity contribution in [2.75, 3.05) is 10.6 Å². The second-order valence-corrected chi connectivity index (χ2v) is 7.09. The van der Waals surface area contributed by atoms with Crippen LogP contribution in [0.1, 0.15) is 31.8 Å². The van der Waals surface area contributed by atoms with Gasteiger partial charge in [0.25, 0.3) is 17.5 Å². The highest BCUT2D eigenvalue weighted by atomic mass is 19.4. The van der Waals surface area contributed by atoms with Gasteiger partial charge in [0.2, 0.25) is 0 Å². The smallest absolute Gasteiger partial charge is 0.322 e. The highest BCUT2D eigenvalue weighted by molar-refractivity contribution is 6.09. The Morgan fingerprint density at radius 1 is 0.686 bits per heavy atom. The van der Waals surface area contributed by atoms with Crippen molar-refractivity contribution in [3.63, 3.8) is 0 Å². The number of carbonyl (C=O) groups is 2. The Morgan fingerprint density at radius 3 is 1.43 bits per heavy atom. The zero-order valence-electron chi connectivity index (χ0n) is 17.2. The molecule has 0 spiro atoms. The van der Waals surface area contributed by atoms with Gasteiger partial charge in [0.1, 0.15) is 0 Å². The Balaban J connectivity index is 1.89. The molecule has 0 heterocycles. The minimum absolute atomic E-state index is 0.258. The van der Waals surface area contributed by atoms with Crippen LogP contribution >= 0.6 is 0 Å². The van der Waals surface area contributed by atoms with E-state index < -0.39 is 57.0 Å². The summed E-state index contributed by atoms with van der Waals surface area (Å²) in [6, 6.07) is 9.76. The van der Waals surface area contributed by atoms with Crippen LogP contribution in [-0.4, -0.2) is 16.7 Å². The highest BCUT2D eigenvalue weighted by Gasteiger charge is 2.31. The number of hydrogen-bond donors (Lipinski definition) is 2. The molecular weight excluding hydrogens is 484 g/mol. The van der Waals surface area contributed by atoms with Crippen LogP contribution < -0.4 is 10.6 Å². The maximum Gasteiger partial charge on any atom is 0.416 e. The summed E-state index contributed by atoms with van der Waals surface area (Å²) in [5.74, 6) is -2.11. The van der Waals surface area contributed by atoms with Gasteiger partial charge < -0.3 is 10.6 Å². The summed E-state index contributed by atoms with van der Waals surface area (Å²) in [7, 11) is 0. The van der Waals surface area contributed by atoms with Crippen molar-refractivity contribution < 1.29 is 40.9 Å². The van der Waals surface area contributed by atoms with Gasteiger partial charge in [-0.05, 0) is 42.5 Å². The monoisotopic (exact) mass is 497 g/mol. The first-order chi connectivity index (χ1) is 16.2. The molecule has 0 aliphatic carbocycles. The molecule has 0 radical (unpaired) electrons. The van der Waals surface area contributed by atoms with E-state index in [1.54, 1.807) is 0 Å². The quantitative estimate of drug-likeness (QED) is 0.251. The fraction of sp³-hybridized carbons (Fsp3) is 0.0909. The number of halogens is 6. The van der Waals surface area contributed by atoms with Gasteiger partial charge in [-0.25, -0.2) is 0 Å². The lowest BCUT2D eigenvalue weighted by molar-refractivity contribution is -0.384. The third kappa shape index (κ3) is 6.34. The molecule has 13 heteroatoms. The van der Waals surface area contributed by atoms with E-state index >= 15 is 0 Å². The molecule has 0 aliphatic rings. The summed E-state index contributed by atoms with van der Waals surface area (Å²) in [6.07, 6.45) is -9.36. The minimum Gasteiger partial charge on any atom is -0.322 e. The zero-order chi connectivity index (χ0) is 26.0. The molecule has 3 rings (SSSR count). The van der Waals surface area contributed by atoms with Crippen molar-refractivity contribution in [3.8, 4) is 0 Å². The molecule has 35 heavy (non-hydrogen) atoms. The van der Waals surface area contributed by atoms with Crippen LogP contribution in [0.4, 0.5) is 43.4 Å². The molecule has 2 N–H and O–H groups in total. The lowest BCUT2D eigenvalue weighted by Gasteiger charge is -2.11. The maximum absolute atomic E-state index is 12.9. The van der Waals surface area contributed by atoms with E-state index in [0.717, 1.165) is 54.6 Å². The number of nitrogens with zero attached hydrogens (tertiary/aromatic N) is 1. The maximum atomic E-state index is 12.9. The summed E-state index contributed by atoms with van der Waals surface area (Å²) >= 11 is 0. The number of benzene rings is 3. The lowest BCUT2D eigenvalue weighted by atomic mass is 10.1. The molecule has 0 aliphatic heterocycles. The van der Waals surface area contributed by atoms with Crippen molar-refractivity contribution in [1.29, 1.82) is 0 Å². The van der Waals surface area contributed by atoms with E-state index in [4.69, 9.17) is 0 Å². The molecule has 3 aromatic carbocycles. The van der Waals surface area contributed by atoms with Gasteiger partial charge in [0.05, 0.1) is 16.1 Å². The Kier molecular flexibility index (Phi) is 6.80. The molecule has 0 saturated carbocycles. The first-order valence-electron chi connectivity index (χ1n) is 9.51. The summed E-state index contributed by atoms with van der Waals surface area (Å²) in [5, 5.41) is 15.6. The third-order valence-corrected chi connectivity index (χ3v) is 4.55. The van der Waals surface area contributed by atoms with E-state index in [1.165, 1.54) is 0 Å². The van der Waals surface area contributed by atoms with Crippen LogP contribution in [0.15, 0.2) is 66.7 Å². The number of alkyl halides is 6. The van der Waals surface area contributed by atoms with Gasteiger partial charge in [-0.1, -0.05) is 12.1 Å². The van der Waals surface area contributed by atoms with Crippen molar-refractivity contribution >= 4 is 28.9 Å². The first-order valence-corrected chi connectivity index (χ1v) is 9.51. The second kappa shape index (κ2) is 9.44. The largest absolute Gasteiger partial charge is 0.416 e. The van der Waals surface area contributed by atoms with Crippen molar-refractivity contribution in [1.82, 2.24) is 0 Å². The van der Waals surface area contributed by atoms with E-state index in [-0.39, 0.29) is 11.4 Å². The van der Waals surface area contributed by atoms with Crippen LogP contribution in [0.3, 0.4) is 0 Å². The van der Waals surface area contributed by atoms with Gasteiger partial charge >= 0.3 is 12.4 Å². The van der Waals surface area contributed by atoms with E-state index in [2.05, 4.69) is 10.6 Å². The molecule has 0 bridgehead atoms. The van der Waals surface area contributed by atoms with Gasteiger partial charge in [0, 0.05) is 34.6 Å². The van der Waals surface area contributed by atoms with Crippen molar-refractivity contribution in [3.05, 3.63) is 99.1 Å². The molecule has 0 fully saturated rings. The summed E-state index contributed by atoms with van der Waals surface area (Å²) in [6.45, 7) is 0. The SMILES string of the molecule is O=C(Nc1cccc(C(F)(F)F)c1)c1cc(C(=O)Nc2cccc(C(F)(F)F)c2)cc([N+](=O)[O-])c1. The average molecular weight is 497 g/mol. The predicted molar refractivity (Wildman–Crippen MR) is 112 cm³/mol. The van der Waals surface area contributed by atoms with Crippen molar-refractivity contribution in [2.24, 2.45) is 0 Å². The number of nitro groups is 1. The summed E-state index contributed by atoms with van der Waals surface area (Å²) in [4.78, 5) is 35.5. The van der Waals surface area contributed by atoms with Crippen LogP contribution in [0.2, 0.25) is 0 Å². The number of nitro benzene ring substituents is 1. The number of carbonyl (C=O) groups excluding carboxylic acids is 2. The van der Waals surface area contributed by atoms with Crippen LogP contribution in [0.5, 0.6) is 0 Å². The second-order valence-electron chi connectivity index (χ2n) is 7.09. The zero-order valence-corrected chi connectivity index (χ0v) is 17.2. The van der Waals surface area contributed by atoms with Crippen LogP contribution in [0.25, 0.3) is 0 Å². The molecule has 7 nitrogen and oxygen atoms in total. The molecule has 0 atom stereocenters. The summed E-state index contributed by atoms with van der Waals surface area (Å²) in [5.41, 5.74) is -4.18. The standard InChI is InChI=1S/C22H13F6N3O4/c23-21(24,25)14-3-1-5-16(10-14)29-19(32)12-7-13(9-18(8-12)31(34)35)20(33)30-17-6-2-4-15(11-17)22(26,27)28/h1-11H,(H,29,32)(H,30,33). The number of nitrogens with one attached hydrogen (secondary N) is 2. The number of rotatable bonds is 5. The van der Waals surface area contributed by atoms with E-state index in [9.17, 15) is 46.0 Å². The predicted octanol–water partition coefficient (Wildman–Crippen LogP) is 6.14. The first kappa shape index (κ1) is 25.2. The van der Waals surface area contributed by atoms with Gasteiger partial charge in [-0.3, -0.25) is 19.7 Å². The Morgan fingerprint density at radius 2 is 1.09 bits per heavy atom. The fourth-order valence-corrected chi connectivity index (χ4v) is 2.93. The summed E-state index contributed by atoms with van der Waals surface area (Å²) < 4.78 is 77.3. The molecule has 3 aromatic rings. The van der Waals surface area contributed by atoms with E-state index in [1.807, 2.05) is 0 Å².